The van der Waals surface area contributed by atoms with Gasteiger partial charge in [-0.2, -0.15) is 0 Å². The number of hydrogen-bond acceptors (Lipinski definition) is 8. The lowest BCUT2D eigenvalue weighted by Gasteiger charge is -2.33. The third-order valence-corrected chi connectivity index (χ3v) is 4.99. The van der Waals surface area contributed by atoms with Crippen molar-refractivity contribution in [1.82, 2.24) is 19.9 Å². The Kier molecular flexibility index (Phi) is 6.42. The third kappa shape index (κ3) is 5.18. The van der Waals surface area contributed by atoms with E-state index in [4.69, 9.17) is 9.15 Å². The molecule has 1 amide bonds. The van der Waals surface area contributed by atoms with Crippen molar-refractivity contribution in [2.75, 3.05) is 49.6 Å². The molecule has 1 aliphatic heterocycles. The van der Waals surface area contributed by atoms with Crippen molar-refractivity contribution in [3.63, 3.8) is 0 Å². The number of nitrogens with zero attached hydrogens (tertiary/aromatic N) is 5. The normalized spacial score (nSPS) is 14.2. The summed E-state index contributed by atoms with van der Waals surface area (Å²) in [6.07, 6.45) is 3.40. The average Bonchev–Trinajstić information content (AvgIpc) is 3.26. The Morgan fingerprint density at radius 1 is 1.23 bits per heavy atom. The minimum atomic E-state index is 0.0510. The lowest BCUT2D eigenvalue weighted by Crippen LogP contribution is -2.51. The van der Waals surface area contributed by atoms with Gasteiger partial charge in [-0.1, -0.05) is 12.1 Å². The predicted molar refractivity (Wildman–Crippen MR) is 117 cm³/mol. The first kappa shape index (κ1) is 20.8. The summed E-state index contributed by atoms with van der Waals surface area (Å²) in [4.78, 5) is 29.1. The lowest BCUT2D eigenvalue weighted by atomic mass is 10.1. The minimum absolute atomic E-state index is 0.0510. The van der Waals surface area contributed by atoms with Crippen molar-refractivity contribution < 1.29 is 13.9 Å². The monoisotopic (exact) mass is 422 g/mol. The summed E-state index contributed by atoms with van der Waals surface area (Å²) < 4.78 is 11.3. The zero-order valence-corrected chi connectivity index (χ0v) is 17.7. The summed E-state index contributed by atoms with van der Waals surface area (Å²) in [6.45, 7) is 7.24. The van der Waals surface area contributed by atoms with Crippen LogP contribution in [0.25, 0.3) is 11.3 Å². The predicted octanol–water partition coefficient (Wildman–Crippen LogP) is 2.87. The first-order valence-corrected chi connectivity index (χ1v) is 10.4. The van der Waals surface area contributed by atoms with Gasteiger partial charge in [0.25, 0.3) is 6.01 Å². The molecule has 162 valence electrons. The molecule has 0 bridgehead atoms. The van der Waals surface area contributed by atoms with Crippen LogP contribution in [-0.4, -0.2) is 65.2 Å². The first-order chi connectivity index (χ1) is 15.1. The highest BCUT2D eigenvalue weighted by Gasteiger charge is 2.26. The SMILES string of the molecule is CCOCCN1CCN(c2ncc(-c3cccc(Nc4nccc(C)n4)c3)o2)CC1=O. The van der Waals surface area contributed by atoms with Crippen LogP contribution >= 0.6 is 0 Å². The quantitative estimate of drug-likeness (QED) is 0.554. The Morgan fingerprint density at radius 3 is 2.94 bits per heavy atom. The molecule has 3 heterocycles. The zero-order valence-electron chi connectivity index (χ0n) is 17.7. The molecule has 9 heteroatoms. The van der Waals surface area contributed by atoms with Gasteiger partial charge >= 0.3 is 0 Å². The maximum atomic E-state index is 12.4. The number of hydrogen-bond donors (Lipinski definition) is 1. The smallest absolute Gasteiger partial charge is 0.298 e. The van der Waals surface area contributed by atoms with Crippen molar-refractivity contribution in [3.8, 4) is 11.3 Å². The van der Waals surface area contributed by atoms with Gasteiger partial charge in [-0.25, -0.2) is 15.0 Å². The lowest BCUT2D eigenvalue weighted by molar-refractivity contribution is -0.131. The van der Waals surface area contributed by atoms with E-state index < -0.39 is 0 Å². The largest absolute Gasteiger partial charge is 0.423 e. The highest BCUT2D eigenvalue weighted by molar-refractivity contribution is 5.82. The Bertz CT molecular complexity index is 1040. The number of ether oxygens (including phenoxy) is 1. The number of nitrogens with one attached hydrogen (secondary N) is 1. The van der Waals surface area contributed by atoms with Gasteiger partial charge in [-0.15, -0.1) is 0 Å². The fourth-order valence-corrected chi connectivity index (χ4v) is 3.36. The average molecular weight is 422 g/mol. The number of benzene rings is 1. The van der Waals surface area contributed by atoms with Gasteiger partial charge < -0.3 is 24.3 Å². The summed E-state index contributed by atoms with van der Waals surface area (Å²) in [5.41, 5.74) is 2.61. The maximum absolute atomic E-state index is 12.4. The molecule has 1 aromatic carbocycles. The molecule has 9 nitrogen and oxygen atoms in total. The maximum Gasteiger partial charge on any atom is 0.298 e. The number of aryl methyl sites for hydroxylation is 1. The van der Waals surface area contributed by atoms with Gasteiger partial charge in [0.15, 0.2) is 5.76 Å². The van der Waals surface area contributed by atoms with Gasteiger partial charge in [0.1, 0.15) is 6.54 Å². The number of aromatic nitrogens is 3. The van der Waals surface area contributed by atoms with Crippen molar-refractivity contribution in [2.45, 2.75) is 13.8 Å². The van der Waals surface area contributed by atoms with Crippen molar-refractivity contribution >= 4 is 23.6 Å². The van der Waals surface area contributed by atoms with Crippen molar-refractivity contribution in [1.29, 1.82) is 0 Å². The molecule has 2 aromatic heterocycles. The number of rotatable bonds is 8. The molecule has 1 fully saturated rings. The van der Waals surface area contributed by atoms with Crippen LogP contribution in [0.3, 0.4) is 0 Å². The Balaban J connectivity index is 1.42. The van der Waals surface area contributed by atoms with E-state index in [1.54, 1.807) is 12.4 Å². The molecule has 1 saturated heterocycles. The number of carbonyl (C=O) groups excluding carboxylic acids is 1. The number of oxazole rings is 1. The second-order valence-electron chi connectivity index (χ2n) is 7.23. The Hall–Kier alpha value is -3.46. The summed E-state index contributed by atoms with van der Waals surface area (Å²) in [7, 11) is 0. The molecule has 0 saturated carbocycles. The fraction of sp³-hybridized carbons (Fsp3) is 0.364. The molecule has 3 aromatic rings. The summed E-state index contributed by atoms with van der Waals surface area (Å²) in [5.74, 6) is 1.22. The van der Waals surface area contributed by atoms with Crippen LogP contribution in [0, 0.1) is 6.92 Å². The molecule has 4 rings (SSSR count). The number of amides is 1. The molecule has 0 unspecified atom stereocenters. The van der Waals surface area contributed by atoms with Gasteiger partial charge in [0.05, 0.1) is 12.8 Å². The van der Waals surface area contributed by atoms with Crippen LogP contribution in [0.15, 0.2) is 47.1 Å². The topological polar surface area (TPSA) is 96.6 Å². The van der Waals surface area contributed by atoms with Crippen molar-refractivity contribution in [2.24, 2.45) is 0 Å². The summed E-state index contributed by atoms with van der Waals surface area (Å²) >= 11 is 0. The molecular weight excluding hydrogens is 396 g/mol. The second kappa shape index (κ2) is 9.57. The fourth-order valence-electron chi connectivity index (χ4n) is 3.36. The summed E-state index contributed by atoms with van der Waals surface area (Å²) in [5, 5.41) is 3.20. The van der Waals surface area contributed by atoms with E-state index in [1.807, 2.05) is 54.0 Å². The standard InChI is InChI=1S/C22H26N6O3/c1-3-30-12-11-27-9-10-28(15-20(27)29)22-24-14-19(31-22)17-5-4-6-18(13-17)26-21-23-8-7-16(2)25-21/h4-8,13-14H,3,9-12,15H2,1-2H3,(H,23,25,26). The number of anilines is 3. The zero-order chi connectivity index (χ0) is 21.6. The van der Waals surface area contributed by atoms with Crippen molar-refractivity contribution in [3.05, 3.63) is 48.4 Å². The highest BCUT2D eigenvalue weighted by atomic mass is 16.5. The van der Waals surface area contributed by atoms with E-state index in [9.17, 15) is 4.79 Å². The van der Waals surface area contributed by atoms with E-state index in [0.29, 0.717) is 50.6 Å². The van der Waals surface area contributed by atoms with E-state index in [0.717, 1.165) is 16.9 Å². The van der Waals surface area contributed by atoms with E-state index in [2.05, 4.69) is 20.3 Å². The summed E-state index contributed by atoms with van der Waals surface area (Å²) in [6, 6.07) is 10.1. The molecule has 0 atom stereocenters. The first-order valence-electron chi connectivity index (χ1n) is 10.4. The van der Waals surface area contributed by atoms with E-state index in [-0.39, 0.29) is 12.5 Å². The number of carbonyl (C=O) groups is 1. The Labute approximate surface area is 181 Å². The van der Waals surface area contributed by atoms with Gasteiger partial charge in [-0.05, 0) is 32.0 Å². The van der Waals surface area contributed by atoms with E-state index >= 15 is 0 Å². The molecule has 1 N–H and O–H groups in total. The minimum Gasteiger partial charge on any atom is -0.423 e. The van der Waals surface area contributed by atoms with Crippen LogP contribution < -0.4 is 10.2 Å². The highest BCUT2D eigenvalue weighted by Crippen LogP contribution is 2.28. The molecule has 0 radical (unpaired) electrons. The van der Waals surface area contributed by atoms with Crippen LogP contribution in [0.4, 0.5) is 17.7 Å². The van der Waals surface area contributed by atoms with Crippen LogP contribution in [0.2, 0.25) is 0 Å². The van der Waals surface area contributed by atoms with Gasteiger partial charge in [0, 0.05) is 49.4 Å². The second-order valence-corrected chi connectivity index (χ2v) is 7.23. The molecule has 1 aliphatic rings. The number of piperazine rings is 1. The molecular formula is C22H26N6O3. The van der Waals surface area contributed by atoms with Gasteiger partial charge in [0.2, 0.25) is 11.9 Å². The Morgan fingerprint density at radius 2 is 2.13 bits per heavy atom. The molecule has 0 spiro atoms. The van der Waals surface area contributed by atoms with Crippen LogP contribution in [0.1, 0.15) is 12.6 Å². The third-order valence-electron chi connectivity index (χ3n) is 4.99. The van der Waals surface area contributed by atoms with Gasteiger partial charge in [-0.3, -0.25) is 4.79 Å². The molecule has 31 heavy (non-hydrogen) atoms. The van der Waals surface area contributed by atoms with Crippen LogP contribution in [-0.2, 0) is 9.53 Å². The van der Waals surface area contributed by atoms with E-state index in [1.165, 1.54) is 0 Å². The molecule has 0 aliphatic carbocycles. The van der Waals surface area contributed by atoms with Crippen LogP contribution in [0.5, 0.6) is 0 Å².